The molecule has 0 saturated carbocycles. The van der Waals surface area contributed by atoms with Gasteiger partial charge in [0.2, 0.25) is 5.70 Å². The number of alkyl halides is 3. The number of benzene rings is 3. The predicted octanol–water partition coefficient (Wildman–Crippen LogP) is 8.99. The minimum Gasteiger partial charge on any atom is -0.238 e. The highest BCUT2D eigenvalue weighted by molar-refractivity contribution is 6.29. The summed E-state index contributed by atoms with van der Waals surface area (Å²) in [7, 11) is 0. The number of rotatable bonds is 2. The van der Waals surface area contributed by atoms with Crippen LogP contribution in [0, 0.1) is 78.5 Å². The molecule has 8 nitrogen and oxygen atoms in total. The Morgan fingerprint density at radius 1 is 0.681 bits per heavy atom. The van der Waals surface area contributed by atoms with Gasteiger partial charge in [0.25, 0.3) is 11.4 Å². The molecule has 0 spiro atoms. The van der Waals surface area contributed by atoms with Crippen LogP contribution in [-0.4, -0.2) is 0 Å². The molecule has 47 heavy (non-hydrogen) atoms. The Balaban J connectivity index is 1.93. The standard InChI is InChI=1S/C36H11F3N8/c1-18-10-19(8-9-28(18)44-2)32-34(30(17-43)46-4)24-13-23-22(12-25(24)35(32)47-5)26(15-41)31(33(23)29(16-42)45-3)20-6-7-21(14-40)27(11-20)36(37,38)39/h6-13H,1H3/b33-29+,34-30-. The Hall–Kier alpha value is -7.67. The van der Waals surface area contributed by atoms with Gasteiger partial charge in [-0.25, -0.2) is 29.9 Å². The molecule has 11 heteroatoms. The number of allylic oxidation sites excluding steroid dienone is 7. The summed E-state index contributed by atoms with van der Waals surface area (Å²) in [6.45, 7) is 32.6. The smallest absolute Gasteiger partial charge is 0.238 e. The highest BCUT2D eigenvalue weighted by Crippen LogP contribution is 2.55. The second-order valence-corrected chi connectivity index (χ2v) is 10.0. The lowest BCUT2D eigenvalue weighted by Gasteiger charge is -2.14. The van der Waals surface area contributed by atoms with E-state index in [1.807, 2.05) is 12.1 Å². The van der Waals surface area contributed by atoms with E-state index in [9.17, 15) is 34.2 Å². The molecule has 5 rings (SSSR count). The maximum atomic E-state index is 14.0. The Morgan fingerprint density at radius 2 is 1.26 bits per heavy atom. The van der Waals surface area contributed by atoms with Crippen LogP contribution in [-0.2, 0) is 6.18 Å². The number of nitrogens with zero attached hydrogens (tertiary/aromatic N) is 8. The summed E-state index contributed by atoms with van der Waals surface area (Å²) < 4.78 is 41.9. The third-order valence-corrected chi connectivity index (χ3v) is 7.68. The Bertz CT molecular complexity index is 2450. The largest absolute Gasteiger partial charge is 0.417 e. The second kappa shape index (κ2) is 11.4. The van der Waals surface area contributed by atoms with Gasteiger partial charge in [-0.05, 0) is 80.8 Å². The molecule has 216 valence electrons. The lowest BCUT2D eigenvalue weighted by molar-refractivity contribution is -0.137. The summed E-state index contributed by atoms with van der Waals surface area (Å²) in [5.41, 5.74) is -1.17. The molecule has 0 heterocycles. The Kier molecular flexibility index (Phi) is 7.49. The summed E-state index contributed by atoms with van der Waals surface area (Å²) in [6.07, 6.45) is -4.94. The highest BCUT2D eigenvalue weighted by Gasteiger charge is 2.39. The number of aryl methyl sites for hydroxylation is 1. The first-order valence-electron chi connectivity index (χ1n) is 13.1. The highest BCUT2D eigenvalue weighted by atomic mass is 19.4. The zero-order chi connectivity index (χ0) is 34.2. The monoisotopic (exact) mass is 612 g/mol. The van der Waals surface area contributed by atoms with Crippen LogP contribution in [0.15, 0.2) is 59.9 Å². The van der Waals surface area contributed by atoms with E-state index in [-0.39, 0.29) is 67.1 Å². The zero-order valence-corrected chi connectivity index (χ0v) is 23.8. The maximum absolute atomic E-state index is 14.0. The van der Waals surface area contributed by atoms with Crippen LogP contribution < -0.4 is 0 Å². The SMILES string of the molecule is [C-]#[N+]C1=C(c2ccc([N+]#[C-])c(C)c2)/C(=C(/C#N)[N+]#[C-])c2cc3c(cc21)C(C#N)=C(c1ccc(C#N)c(C(F)(F)F)c1)/C3=C(\C#N)[N+]#[C-]. The molecular weight excluding hydrogens is 601 g/mol. The van der Waals surface area contributed by atoms with E-state index in [4.69, 9.17) is 26.3 Å². The van der Waals surface area contributed by atoms with Crippen LogP contribution in [0.25, 0.3) is 52.9 Å². The van der Waals surface area contributed by atoms with E-state index in [1.165, 1.54) is 24.3 Å². The van der Waals surface area contributed by atoms with E-state index in [0.29, 0.717) is 22.9 Å². The van der Waals surface area contributed by atoms with Gasteiger partial charge in [-0.3, -0.25) is 0 Å². The van der Waals surface area contributed by atoms with Gasteiger partial charge in [0.15, 0.2) is 5.69 Å². The van der Waals surface area contributed by atoms with Crippen molar-refractivity contribution in [3.63, 3.8) is 0 Å². The van der Waals surface area contributed by atoms with E-state index in [0.717, 1.165) is 6.07 Å². The van der Waals surface area contributed by atoms with Crippen molar-refractivity contribution in [2.75, 3.05) is 0 Å². The van der Waals surface area contributed by atoms with Crippen LogP contribution >= 0.6 is 0 Å². The average Bonchev–Trinajstić information content (AvgIpc) is 3.56. The quantitative estimate of drug-likeness (QED) is 0.212. The molecule has 0 aliphatic heterocycles. The first-order valence-corrected chi connectivity index (χ1v) is 13.1. The van der Waals surface area contributed by atoms with Crippen LogP contribution in [0.5, 0.6) is 0 Å². The second-order valence-electron chi connectivity index (χ2n) is 10.0. The first-order chi connectivity index (χ1) is 22.5. The molecule has 0 atom stereocenters. The lowest BCUT2D eigenvalue weighted by atomic mass is 9.90. The third-order valence-electron chi connectivity index (χ3n) is 7.68. The number of halogens is 3. The number of hydrogen-bond donors (Lipinski definition) is 0. The summed E-state index contributed by atoms with van der Waals surface area (Å²) in [4.78, 5) is 13.8. The van der Waals surface area contributed by atoms with Crippen molar-refractivity contribution in [2.24, 2.45) is 0 Å². The fourth-order valence-corrected chi connectivity index (χ4v) is 5.73. The number of nitriles is 4. The molecule has 0 aromatic heterocycles. The molecule has 3 aromatic rings. The minimum absolute atomic E-state index is 0.0175. The van der Waals surface area contributed by atoms with Crippen molar-refractivity contribution in [1.82, 2.24) is 0 Å². The first kappa shape index (κ1) is 30.8. The maximum Gasteiger partial charge on any atom is 0.417 e. The minimum atomic E-state index is -4.94. The Morgan fingerprint density at radius 3 is 1.77 bits per heavy atom. The molecule has 2 aliphatic rings. The molecule has 0 unspecified atom stereocenters. The van der Waals surface area contributed by atoms with Gasteiger partial charge in [-0.15, -0.1) is 0 Å². The van der Waals surface area contributed by atoms with Gasteiger partial charge in [0.05, 0.1) is 61.2 Å². The van der Waals surface area contributed by atoms with Crippen LogP contribution in [0.4, 0.5) is 18.9 Å². The molecule has 0 saturated heterocycles. The molecular formula is C36H11F3N8. The summed E-state index contributed by atoms with van der Waals surface area (Å²) in [5.74, 6) is 0. The summed E-state index contributed by atoms with van der Waals surface area (Å²) in [6, 6.07) is 17.5. The van der Waals surface area contributed by atoms with Crippen molar-refractivity contribution >= 4 is 39.2 Å². The van der Waals surface area contributed by atoms with E-state index >= 15 is 0 Å². The van der Waals surface area contributed by atoms with Crippen molar-refractivity contribution in [2.45, 2.75) is 13.1 Å². The topological polar surface area (TPSA) is 113 Å². The molecule has 0 bridgehead atoms. The van der Waals surface area contributed by atoms with Gasteiger partial charge in [-0.2, -0.15) is 23.7 Å². The van der Waals surface area contributed by atoms with Crippen LogP contribution in [0.2, 0.25) is 0 Å². The fourth-order valence-electron chi connectivity index (χ4n) is 5.73. The zero-order valence-electron chi connectivity index (χ0n) is 23.8. The van der Waals surface area contributed by atoms with Crippen molar-refractivity contribution in [1.29, 1.82) is 21.0 Å². The number of hydrogen-bond acceptors (Lipinski definition) is 4. The normalized spacial score (nSPS) is 15.0. The van der Waals surface area contributed by atoms with Gasteiger partial charge in [-0.1, -0.05) is 30.3 Å². The average molecular weight is 613 g/mol. The van der Waals surface area contributed by atoms with E-state index in [2.05, 4.69) is 19.4 Å². The van der Waals surface area contributed by atoms with Gasteiger partial charge in [0, 0.05) is 5.57 Å². The van der Waals surface area contributed by atoms with Crippen LogP contribution in [0.3, 0.4) is 0 Å². The molecule has 0 amide bonds. The Labute approximate surface area is 266 Å². The van der Waals surface area contributed by atoms with E-state index in [1.54, 1.807) is 31.2 Å². The van der Waals surface area contributed by atoms with Crippen molar-refractivity contribution < 1.29 is 13.2 Å². The lowest BCUT2D eigenvalue weighted by Crippen LogP contribution is -2.08. The number of fused-ring (bicyclic) bond motifs is 2. The summed E-state index contributed by atoms with van der Waals surface area (Å²) >= 11 is 0. The molecule has 3 aromatic carbocycles. The third kappa shape index (κ3) is 4.65. The summed E-state index contributed by atoms with van der Waals surface area (Å²) in [5, 5.41) is 39.6. The van der Waals surface area contributed by atoms with Crippen molar-refractivity contribution in [3.8, 4) is 24.3 Å². The van der Waals surface area contributed by atoms with Gasteiger partial charge in [0.1, 0.15) is 6.07 Å². The molecule has 2 aliphatic carbocycles. The molecule has 0 fully saturated rings. The molecule has 0 N–H and O–H groups in total. The van der Waals surface area contributed by atoms with E-state index < -0.39 is 23.0 Å². The van der Waals surface area contributed by atoms with Crippen molar-refractivity contribution in [3.05, 3.63) is 156 Å². The fraction of sp³-hybridized carbons (Fsp3) is 0.0556. The molecule has 0 radical (unpaired) electrons. The predicted molar refractivity (Wildman–Crippen MR) is 164 cm³/mol. The van der Waals surface area contributed by atoms with Crippen LogP contribution in [0.1, 0.15) is 50.1 Å². The van der Waals surface area contributed by atoms with Gasteiger partial charge >= 0.3 is 6.18 Å². The van der Waals surface area contributed by atoms with Gasteiger partial charge < -0.3 is 0 Å².